The Hall–Kier alpha value is -4.82. The molecule has 0 saturated heterocycles. The van der Waals surface area contributed by atoms with E-state index in [0.29, 0.717) is 0 Å². The maximum absolute atomic E-state index is 3.59. The molecule has 5 rings (SSSR count). The van der Waals surface area contributed by atoms with Crippen LogP contribution in [0.4, 0.5) is 22.7 Å². The van der Waals surface area contributed by atoms with Gasteiger partial charge in [0.2, 0.25) is 0 Å². The molecule has 0 unspecified atom stereocenters. The zero-order chi connectivity index (χ0) is 26.2. The van der Waals surface area contributed by atoms with Crippen LogP contribution >= 0.6 is 0 Å². The van der Waals surface area contributed by atoms with Crippen molar-refractivity contribution in [1.82, 2.24) is 0 Å². The molecular formula is C36H32N2. The largest absolute Gasteiger partial charge is 0.355 e. The number of hydrogen-bond donors (Lipinski definition) is 1. The summed E-state index contributed by atoms with van der Waals surface area (Å²) in [6.07, 6.45) is 4.41. The van der Waals surface area contributed by atoms with Gasteiger partial charge in [0.25, 0.3) is 0 Å². The molecule has 2 heteroatoms. The average Bonchev–Trinajstić information content (AvgIpc) is 2.99. The van der Waals surface area contributed by atoms with Gasteiger partial charge < -0.3 is 10.2 Å². The van der Waals surface area contributed by atoms with Gasteiger partial charge in [-0.3, -0.25) is 0 Å². The molecule has 5 aromatic carbocycles. The molecule has 0 aliphatic carbocycles. The van der Waals surface area contributed by atoms with Crippen LogP contribution in [0, 0.1) is 0 Å². The van der Waals surface area contributed by atoms with Crippen LogP contribution in [0.1, 0.15) is 19.4 Å². The third kappa shape index (κ3) is 5.45. The Morgan fingerprint density at radius 1 is 0.579 bits per heavy atom. The van der Waals surface area contributed by atoms with Gasteiger partial charge in [-0.05, 0) is 73.5 Å². The van der Waals surface area contributed by atoms with E-state index in [4.69, 9.17) is 0 Å². The first-order valence-electron chi connectivity index (χ1n) is 13.0. The van der Waals surface area contributed by atoms with E-state index in [0.717, 1.165) is 28.4 Å². The van der Waals surface area contributed by atoms with Crippen molar-refractivity contribution < 1.29 is 0 Å². The van der Waals surface area contributed by atoms with Crippen molar-refractivity contribution in [3.8, 4) is 11.1 Å². The summed E-state index contributed by atoms with van der Waals surface area (Å²) >= 11 is 0. The quantitative estimate of drug-likeness (QED) is 0.217. The van der Waals surface area contributed by atoms with Crippen LogP contribution in [0.5, 0.6) is 0 Å². The number of anilines is 4. The molecule has 0 aromatic heterocycles. The standard InChI is InChI=1S/C36H32N2/c1-3-33(36(4-2)38(31-21-10-6-11-22-31)32-23-12-7-13-24-32)28-17-16-18-29(27-28)34-25-14-15-26-35(34)37-30-19-8-5-9-20-30/h3-27,37H,1-2H3/b33-3-,36-4+. The van der Waals surface area contributed by atoms with E-state index >= 15 is 0 Å². The summed E-state index contributed by atoms with van der Waals surface area (Å²) in [4.78, 5) is 2.33. The molecule has 0 aliphatic rings. The van der Waals surface area contributed by atoms with Crippen molar-refractivity contribution in [2.45, 2.75) is 13.8 Å². The molecule has 2 nitrogen and oxygen atoms in total. The highest BCUT2D eigenvalue weighted by Gasteiger charge is 2.19. The predicted molar refractivity (Wildman–Crippen MR) is 164 cm³/mol. The van der Waals surface area contributed by atoms with E-state index in [1.807, 2.05) is 18.2 Å². The SMILES string of the molecule is C/C=C(\C(=C/C)N(c1ccccc1)c1ccccc1)c1cccc(-c2ccccc2Nc2ccccc2)c1. The molecule has 0 spiro atoms. The van der Waals surface area contributed by atoms with Crippen LogP contribution in [-0.4, -0.2) is 0 Å². The Bertz CT molecular complexity index is 1500. The maximum Gasteiger partial charge on any atom is 0.0494 e. The third-order valence-corrected chi connectivity index (χ3v) is 6.57. The lowest BCUT2D eigenvalue weighted by atomic mass is 9.95. The Balaban J connectivity index is 1.56. The second-order valence-electron chi connectivity index (χ2n) is 9.00. The maximum atomic E-state index is 3.59. The fraction of sp³-hybridized carbons (Fsp3) is 0.0556. The van der Waals surface area contributed by atoms with Gasteiger partial charge in [0.1, 0.15) is 0 Å². The summed E-state index contributed by atoms with van der Waals surface area (Å²) in [5.41, 5.74) is 10.2. The number of nitrogens with one attached hydrogen (secondary N) is 1. The van der Waals surface area contributed by atoms with E-state index < -0.39 is 0 Å². The topological polar surface area (TPSA) is 15.3 Å². The van der Waals surface area contributed by atoms with Crippen molar-refractivity contribution >= 4 is 28.3 Å². The summed E-state index contributed by atoms with van der Waals surface area (Å²) in [5.74, 6) is 0. The third-order valence-electron chi connectivity index (χ3n) is 6.57. The van der Waals surface area contributed by atoms with Crippen molar-refractivity contribution in [3.05, 3.63) is 163 Å². The molecule has 0 atom stereocenters. The molecule has 5 aromatic rings. The molecule has 0 saturated carbocycles. The number of rotatable bonds is 8. The molecule has 38 heavy (non-hydrogen) atoms. The van der Waals surface area contributed by atoms with Crippen molar-refractivity contribution in [2.75, 3.05) is 10.2 Å². The Labute approximate surface area is 226 Å². The minimum absolute atomic E-state index is 1.07. The van der Waals surface area contributed by atoms with E-state index in [2.05, 4.69) is 158 Å². The van der Waals surface area contributed by atoms with E-state index in [-0.39, 0.29) is 0 Å². The molecule has 1 N–H and O–H groups in total. The first-order chi connectivity index (χ1) is 18.8. The minimum atomic E-state index is 1.07. The number of allylic oxidation sites excluding steroid dienone is 3. The average molecular weight is 493 g/mol. The van der Waals surface area contributed by atoms with Crippen LogP contribution in [-0.2, 0) is 0 Å². The first kappa shape index (κ1) is 24.9. The fourth-order valence-corrected chi connectivity index (χ4v) is 4.82. The van der Waals surface area contributed by atoms with Crippen LogP contribution in [0.3, 0.4) is 0 Å². The van der Waals surface area contributed by atoms with Crippen LogP contribution in [0.2, 0.25) is 0 Å². The highest BCUT2D eigenvalue weighted by atomic mass is 15.1. The van der Waals surface area contributed by atoms with Gasteiger partial charge in [-0.2, -0.15) is 0 Å². The number of hydrogen-bond acceptors (Lipinski definition) is 2. The van der Waals surface area contributed by atoms with Gasteiger partial charge in [-0.15, -0.1) is 0 Å². The molecule has 0 bridgehead atoms. The smallest absolute Gasteiger partial charge is 0.0494 e. The normalized spacial score (nSPS) is 11.7. The van der Waals surface area contributed by atoms with E-state index in [1.165, 1.54) is 22.3 Å². The summed E-state index contributed by atoms with van der Waals surface area (Å²) in [5, 5.41) is 3.59. The highest BCUT2D eigenvalue weighted by Crippen LogP contribution is 2.38. The van der Waals surface area contributed by atoms with Crippen LogP contribution < -0.4 is 10.2 Å². The zero-order valence-electron chi connectivity index (χ0n) is 21.9. The summed E-state index contributed by atoms with van der Waals surface area (Å²) < 4.78 is 0. The molecule has 0 heterocycles. The zero-order valence-corrected chi connectivity index (χ0v) is 21.9. The molecular weight excluding hydrogens is 460 g/mol. The Morgan fingerprint density at radius 3 is 1.76 bits per heavy atom. The second-order valence-corrected chi connectivity index (χ2v) is 9.00. The molecule has 0 fully saturated rings. The molecule has 0 amide bonds. The van der Waals surface area contributed by atoms with Gasteiger partial charge >= 0.3 is 0 Å². The lowest BCUT2D eigenvalue weighted by Crippen LogP contribution is -2.17. The summed E-state index contributed by atoms with van der Waals surface area (Å²) in [6, 6.07) is 48.7. The van der Waals surface area contributed by atoms with Gasteiger partial charge in [-0.25, -0.2) is 0 Å². The Morgan fingerprint density at radius 2 is 1.16 bits per heavy atom. The van der Waals surface area contributed by atoms with Gasteiger partial charge in [0.05, 0.1) is 0 Å². The lowest BCUT2D eigenvalue weighted by Gasteiger charge is -2.30. The van der Waals surface area contributed by atoms with Crippen molar-refractivity contribution in [2.24, 2.45) is 0 Å². The number of benzene rings is 5. The van der Waals surface area contributed by atoms with Gasteiger partial charge in [0.15, 0.2) is 0 Å². The van der Waals surface area contributed by atoms with Crippen molar-refractivity contribution in [3.63, 3.8) is 0 Å². The summed E-state index contributed by atoms with van der Waals surface area (Å²) in [7, 11) is 0. The second kappa shape index (κ2) is 11.9. The molecule has 0 radical (unpaired) electrons. The van der Waals surface area contributed by atoms with Gasteiger partial charge in [0, 0.05) is 39.6 Å². The number of nitrogens with zero attached hydrogens (tertiary/aromatic N) is 1. The fourth-order valence-electron chi connectivity index (χ4n) is 4.82. The predicted octanol–water partition coefficient (Wildman–Crippen LogP) is 10.2. The molecule has 186 valence electrons. The van der Waals surface area contributed by atoms with Crippen LogP contribution in [0.25, 0.3) is 16.7 Å². The van der Waals surface area contributed by atoms with E-state index in [9.17, 15) is 0 Å². The van der Waals surface area contributed by atoms with Crippen molar-refractivity contribution in [1.29, 1.82) is 0 Å². The number of para-hydroxylation sites is 4. The Kier molecular flexibility index (Phi) is 7.81. The first-order valence-corrected chi connectivity index (χ1v) is 13.0. The molecule has 0 aliphatic heterocycles. The van der Waals surface area contributed by atoms with Crippen LogP contribution in [0.15, 0.2) is 157 Å². The van der Waals surface area contributed by atoms with Gasteiger partial charge in [-0.1, -0.05) is 103 Å². The van der Waals surface area contributed by atoms with E-state index in [1.54, 1.807) is 0 Å². The highest BCUT2D eigenvalue weighted by molar-refractivity contribution is 5.90. The summed E-state index contributed by atoms with van der Waals surface area (Å²) in [6.45, 7) is 4.23. The lowest BCUT2D eigenvalue weighted by molar-refractivity contribution is 1.20. The minimum Gasteiger partial charge on any atom is -0.355 e. The monoisotopic (exact) mass is 492 g/mol.